The summed E-state index contributed by atoms with van der Waals surface area (Å²) in [6, 6.07) is 6.83. The zero-order valence-electron chi connectivity index (χ0n) is 10.2. The summed E-state index contributed by atoms with van der Waals surface area (Å²) in [4.78, 5) is 2.28. The molecule has 2 nitrogen and oxygen atoms in total. The molecule has 1 aromatic rings. The van der Waals surface area contributed by atoms with Gasteiger partial charge in [-0.1, -0.05) is 12.1 Å². The fraction of sp³-hybridized carbons (Fsp3) is 0.538. The van der Waals surface area contributed by atoms with Gasteiger partial charge in [0.15, 0.2) is 0 Å². The third-order valence-electron chi connectivity index (χ3n) is 2.70. The molecule has 0 spiro atoms. The quantitative estimate of drug-likeness (QED) is 0.820. The summed E-state index contributed by atoms with van der Waals surface area (Å²) in [7, 11) is 2.13. The predicted molar refractivity (Wildman–Crippen MR) is 67.5 cm³/mol. The van der Waals surface area contributed by atoms with E-state index in [4.69, 9.17) is 5.73 Å². The van der Waals surface area contributed by atoms with Gasteiger partial charge in [-0.05, 0) is 44.4 Å². The molecule has 0 bridgehead atoms. The van der Waals surface area contributed by atoms with Crippen LogP contribution >= 0.6 is 0 Å². The molecule has 15 heavy (non-hydrogen) atoms. The van der Waals surface area contributed by atoms with Crippen molar-refractivity contribution in [3.8, 4) is 0 Å². The van der Waals surface area contributed by atoms with Gasteiger partial charge in [0, 0.05) is 25.3 Å². The second-order valence-corrected chi connectivity index (χ2v) is 4.48. The molecule has 0 radical (unpaired) electrons. The molecule has 0 aliphatic rings. The van der Waals surface area contributed by atoms with E-state index in [9.17, 15) is 0 Å². The highest BCUT2D eigenvalue weighted by molar-refractivity contribution is 5.54. The molecule has 1 rings (SSSR count). The zero-order chi connectivity index (χ0) is 11.4. The summed E-state index contributed by atoms with van der Waals surface area (Å²) in [6.45, 7) is 7.35. The van der Waals surface area contributed by atoms with Crippen LogP contribution in [0, 0.1) is 13.8 Å². The van der Waals surface area contributed by atoms with E-state index in [1.807, 2.05) is 0 Å². The summed E-state index contributed by atoms with van der Waals surface area (Å²) in [5, 5.41) is 0. The topological polar surface area (TPSA) is 29.3 Å². The largest absolute Gasteiger partial charge is 0.374 e. The first-order valence-electron chi connectivity index (χ1n) is 5.54. The van der Waals surface area contributed by atoms with Crippen molar-refractivity contribution in [1.29, 1.82) is 0 Å². The third-order valence-corrected chi connectivity index (χ3v) is 2.70. The molecular weight excluding hydrogens is 184 g/mol. The van der Waals surface area contributed by atoms with Crippen LogP contribution in [-0.4, -0.2) is 19.6 Å². The van der Waals surface area contributed by atoms with Crippen molar-refractivity contribution in [3.63, 3.8) is 0 Å². The summed E-state index contributed by atoms with van der Waals surface area (Å²) < 4.78 is 0. The first-order valence-corrected chi connectivity index (χ1v) is 5.54. The van der Waals surface area contributed by atoms with Gasteiger partial charge in [0.2, 0.25) is 0 Å². The van der Waals surface area contributed by atoms with Crippen molar-refractivity contribution in [2.45, 2.75) is 33.2 Å². The van der Waals surface area contributed by atoms with Crippen molar-refractivity contribution in [3.05, 3.63) is 29.3 Å². The second-order valence-electron chi connectivity index (χ2n) is 4.48. The Hall–Kier alpha value is -1.02. The molecule has 0 aliphatic heterocycles. The third kappa shape index (κ3) is 3.56. The molecule has 0 saturated carbocycles. The van der Waals surface area contributed by atoms with Gasteiger partial charge in [0.25, 0.3) is 0 Å². The monoisotopic (exact) mass is 206 g/mol. The van der Waals surface area contributed by atoms with Gasteiger partial charge in [0.1, 0.15) is 0 Å². The Morgan fingerprint density at radius 2 is 2.00 bits per heavy atom. The molecular formula is C13H22N2. The molecule has 1 atom stereocenters. The first kappa shape index (κ1) is 12.1. The lowest BCUT2D eigenvalue weighted by molar-refractivity contribution is 0.658. The van der Waals surface area contributed by atoms with Gasteiger partial charge in [-0.3, -0.25) is 0 Å². The molecule has 0 heterocycles. The van der Waals surface area contributed by atoms with Crippen molar-refractivity contribution in [1.82, 2.24) is 0 Å². The van der Waals surface area contributed by atoms with Crippen molar-refractivity contribution >= 4 is 5.69 Å². The zero-order valence-corrected chi connectivity index (χ0v) is 10.2. The molecule has 2 heteroatoms. The molecule has 2 N–H and O–H groups in total. The average molecular weight is 206 g/mol. The maximum absolute atomic E-state index is 5.76. The van der Waals surface area contributed by atoms with Crippen molar-refractivity contribution in [2.24, 2.45) is 5.73 Å². The van der Waals surface area contributed by atoms with E-state index in [0.29, 0.717) is 0 Å². The van der Waals surface area contributed by atoms with Crippen molar-refractivity contribution in [2.75, 3.05) is 18.5 Å². The molecule has 84 valence electrons. The number of aryl methyl sites for hydroxylation is 2. The number of benzene rings is 1. The molecule has 0 saturated heterocycles. The predicted octanol–water partition coefficient (Wildman–Crippen LogP) is 2.48. The lowest BCUT2D eigenvalue weighted by Gasteiger charge is -2.22. The number of nitrogens with zero attached hydrogens (tertiary/aromatic N) is 1. The normalized spacial score (nSPS) is 12.6. The lowest BCUT2D eigenvalue weighted by Crippen LogP contribution is -2.26. The Balaban J connectivity index is 2.72. The number of nitrogens with two attached hydrogens (primary N) is 1. The van der Waals surface area contributed by atoms with Crippen LogP contribution in [0.3, 0.4) is 0 Å². The minimum absolute atomic E-state index is 0.276. The smallest absolute Gasteiger partial charge is 0.0395 e. The minimum Gasteiger partial charge on any atom is -0.374 e. The van der Waals surface area contributed by atoms with Crippen LogP contribution in [0.1, 0.15) is 24.5 Å². The Morgan fingerprint density at radius 3 is 2.60 bits per heavy atom. The molecule has 1 unspecified atom stereocenters. The maximum Gasteiger partial charge on any atom is 0.0395 e. The molecule has 0 fully saturated rings. The van der Waals surface area contributed by atoms with Crippen LogP contribution in [0.4, 0.5) is 5.69 Å². The van der Waals surface area contributed by atoms with Crippen LogP contribution in [0.25, 0.3) is 0 Å². The lowest BCUT2D eigenvalue weighted by atomic mass is 10.1. The van der Waals surface area contributed by atoms with E-state index < -0.39 is 0 Å². The molecule has 0 aromatic heterocycles. The molecule has 1 aromatic carbocycles. The highest BCUT2D eigenvalue weighted by Crippen LogP contribution is 2.20. The van der Waals surface area contributed by atoms with E-state index in [2.05, 4.69) is 50.9 Å². The number of hydrogen-bond donors (Lipinski definition) is 1. The summed E-state index contributed by atoms with van der Waals surface area (Å²) in [5.41, 5.74) is 9.71. The summed E-state index contributed by atoms with van der Waals surface area (Å²) in [6.07, 6.45) is 1.03. The number of anilines is 1. The van der Waals surface area contributed by atoms with Gasteiger partial charge in [-0.25, -0.2) is 0 Å². The maximum atomic E-state index is 5.76. The second kappa shape index (κ2) is 5.17. The standard InChI is InChI=1S/C13H22N2/c1-10-5-6-11(2)13(9-10)15(4)8-7-12(3)14/h5-6,9,12H,7-8,14H2,1-4H3. The fourth-order valence-electron chi connectivity index (χ4n) is 1.65. The van der Waals surface area contributed by atoms with Crippen LogP contribution < -0.4 is 10.6 Å². The van der Waals surface area contributed by atoms with Crippen LogP contribution in [-0.2, 0) is 0 Å². The SMILES string of the molecule is Cc1ccc(C)c(N(C)CCC(C)N)c1. The minimum atomic E-state index is 0.276. The summed E-state index contributed by atoms with van der Waals surface area (Å²) in [5.74, 6) is 0. The van der Waals surface area contributed by atoms with Crippen LogP contribution in [0.2, 0.25) is 0 Å². The number of hydrogen-bond acceptors (Lipinski definition) is 2. The average Bonchev–Trinajstić information content (AvgIpc) is 2.18. The van der Waals surface area contributed by atoms with Crippen molar-refractivity contribution < 1.29 is 0 Å². The van der Waals surface area contributed by atoms with E-state index in [1.54, 1.807) is 0 Å². The van der Waals surface area contributed by atoms with Crippen LogP contribution in [0.5, 0.6) is 0 Å². The van der Waals surface area contributed by atoms with Crippen LogP contribution in [0.15, 0.2) is 18.2 Å². The Kier molecular flexibility index (Phi) is 4.15. The van der Waals surface area contributed by atoms with Gasteiger partial charge < -0.3 is 10.6 Å². The summed E-state index contributed by atoms with van der Waals surface area (Å²) >= 11 is 0. The highest BCUT2D eigenvalue weighted by Gasteiger charge is 2.05. The van der Waals surface area contributed by atoms with Gasteiger partial charge >= 0.3 is 0 Å². The Morgan fingerprint density at radius 1 is 1.33 bits per heavy atom. The van der Waals surface area contributed by atoms with E-state index in [0.717, 1.165) is 13.0 Å². The van der Waals surface area contributed by atoms with Gasteiger partial charge in [-0.15, -0.1) is 0 Å². The first-order chi connectivity index (χ1) is 7.00. The molecule has 0 amide bonds. The fourth-order valence-corrected chi connectivity index (χ4v) is 1.65. The molecule has 0 aliphatic carbocycles. The number of rotatable bonds is 4. The van der Waals surface area contributed by atoms with E-state index >= 15 is 0 Å². The van der Waals surface area contributed by atoms with E-state index in [1.165, 1.54) is 16.8 Å². The highest BCUT2D eigenvalue weighted by atomic mass is 15.1. The van der Waals surface area contributed by atoms with E-state index in [-0.39, 0.29) is 6.04 Å². The Bertz CT molecular complexity index is 318. The Labute approximate surface area is 93.1 Å². The van der Waals surface area contributed by atoms with Gasteiger partial charge in [-0.2, -0.15) is 0 Å². The van der Waals surface area contributed by atoms with Gasteiger partial charge in [0.05, 0.1) is 0 Å².